The van der Waals surface area contributed by atoms with E-state index >= 15 is 0 Å². The van der Waals surface area contributed by atoms with Crippen molar-refractivity contribution in [2.24, 2.45) is 10.9 Å². The van der Waals surface area contributed by atoms with Crippen LogP contribution in [0.5, 0.6) is 0 Å². The zero-order chi connectivity index (χ0) is 20.4. The molecule has 0 spiro atoms. The van der Waals surface area contributed by atoms with Crippen molar-refractivity contribution in [3.8, 4) is 0 Å². The molecular weight excluding hydrogens is 435 g/mol. The molecule has 148 valence electrons. The zero-order valence-electron chi connectivity index (χ0n) is 15.0. The van der Waals surface area contributed by atoms with Gasteiger partial charge in [0.05, 0.1) is 11.7 Å². The molecular formula is C14H13N6NaO6S2. The standard InChI is InChI=1S/C14H14N6O6S2.Na/c15-7(21)3-26-19-8(5-4-28-14(16)17-5)10(22)18-9-11(23)20-6(13(24)25)1-2-27-12(9)20;/h1,4,9,12H,2-3H2,(H2,15,21)(H2,16,17)(H,18,22)(H,24,25);/q;+1/p-1/b19-8-;/t9-,12-;/m1./s1. The van der Waals surface area contributed by atoms with Crippen LogP contribution in [0, 0.1) is 0 Å². The first-order chi connectivity index (χ1) is 13.3. The maximum absolute atomic E-state index is 12.6. The number of hydrogen-bond donors (Lipinski definition) is 3. The van der Waals surface area contributed by atoms with Gasteiger partial charge < -0.3 is 31.5 Å². The summed E-state index contributed by atoms with van der Waals surface area (Å²) in [6, 6.07) is -0.974. The predicted molar refractivity (Wildman–Crippen MR) is 96.3 cm³/mol. The van der Waals surface area contributed by atoms with Crippen LogP contribution in [0.25, 0.3) is 0 Å². The third-order valence-electron chi connectivity index (χ3n) is 3.68. The molecule has 0 saturated carbocycles. The van der Waals surface area contributed by atoms with Crippen molar-refractivity contribution < 1.29 is 58.7 Å². The minimum absolute atomic E-state index is 0. The summed E-state index contributed by atoms with van der Waals surface area (Å²) in [5.74, 6) is -3.33. The number of hydrogen-bond acceptors (Lipinski definition) is 11. The van der Waals surface area contributed by atoms with E-state index in [2.05, 4.69) is 15.5 Å². The van der Waals surface area contributed by atoms with E-state index in [-0.39, 0.29) is 51.8 Å². The third-order valence-corrected chi connectivity index (χ3v) is 5.54. The minimum atomic E-state index is -1.47. The summed E-state index contributed by atoms with van der Waals surface area (Å²) in [7, 11) is 0. The first-order valence-electron chi connectivity index (χ1n) is 7.66. The molecule has 3 rings (SSSR count). The van der Waals surface area contributed by atoms with Crippen LogP contribution in [-0.4, -0.2) is 63.1 Å². The number of fused-ring (bicyclic) bond motifs is 1. The van der Waals surface area contributed by atoms with E-state index in [0.29, 0.717) is 5.75 Å². The van der Waals surface area contributed by atoms with Gasteiger partial charge in [-0.05, 0) is 6.08 Å². The summed E-state index contributed by atoms with van der Waals surface area (Å²) in [5, 5.41) is 18.2. The maximum atomic E-state index is 12.6. The number of aromatic nitrogens is 1. The monoisotopic (exact) mass is 448 g/mol. The number of anilines is 1. The molecule has 1 fully saturated rings. The van der Waals surface area contributed by atoms with Gasteiger partial charge in [0, 0.05) is 11.1 Å². The van der Waals surface area contributed by atoms with E-state index in [0.717, 1.165) is 16.2 Å². The number of nitrogens with zero attached hydrogens (tertiary/aromatic N) is 3. The Morgan fingerprint density at radius 2 is 2.17 bits per heavy atom. The molecule has 0 bridgehead atoms. The summed E-state index contributed by atoms with van der Waals surface area (Å²) in [5.41, 5.74) is 10.1. The number of aliphatic carboxylic acids is 1. The van der Waals surface area contributed by atoms with Gasteiger partial charge in [-0.2, -0.15) is 0 Å². The molecule has 1 aromatic rings. The van der Waals surface area contributed by atoms with Crippen molar-refractivity contribution in [3.05, 3.63) is 22.8 Å². The second kappa shape index (κ2) is 9.58. The van der Waals surface area contributed by atoms with Gasteiger partial charge in [-0.3, -0.25) is 19.3 Å². The molecule has 2 aliphatic heterocycles. The number of thioether (sulfide) groups is 1. The van der Waals surface area contributed by atoms with Crippen molar-refractivity contribution >= 4 is 57.6 Å². The summed E-state index contributed by atoms with van der Waals surface area (Å²) in [6.45, 7) is -0.565. The number of nitrogen functional groups attached to an aromatic ring is 1. The Morgan fingerprint density at radius 3 is 2.76 bits per heavy atom. The Kier molecular flexibility index (Phi) is 7.65. The molecule has 2 atom stereocenters. The van der Waals surface area contributed by atoms with Crippen LogP contribution in [0.15, 0.2) is 22.3 Å². The topological polar surface area (TPSA) is 193 Å². The van der Waals surface area contributed by atoms with E-state index in [1.807, 2.05) is 0 Å². The number of oxime groups is 1. The number of rotatable bonds is 7. The van der Waals surface area contributed by atoms with Crippen LogP contribution in [0.4, 0.5) is 5.13 Å². The van der Waals surface area contributed by atoms with Gasteiger partial charge in [-0.15, -0.1) is 23.1 Å². The molecule has 0 aromatic carbocycles. The SMILES string of the molecule is NC(=O)CO/N=C(\C(=O)N[C@@H]1C(=O)N2C(C(=O)[O-])=CCS[C@H]12)c1csc(N)n1.[Na+]. The van der Waals surface area contributed by atoms with Gasteiger partial charge >= 0.3 is 29.6 Å². The summed E-state index contributed by atoms with van der Waals surface area (Å²) in [4.78, 5) is 56.6. The van der Waals surface area contributed by atoms with Crippen LogP contribution in [-0.2, 0) is 24.0 Å². The van der Waals surface area contributed by atoms with Gasteiger partial charge in [-0.1, -0.05) is 5.16 Å². The quantitative estimate of drug-likeness (QED) is 0.157. The average Bonchev–Trinajstić information content (AvgIpc) is 3.07. The predicted octanol–water partition coefficient (Wildman–Crippen LogP) is -6.03. The van der Waals surface area contributed by atoms with E-state index in [9.17, 15) is 24.3 Å². The summed E-state index contributed by atoms with van der Waals surface area (Å²) < 4.78 is 0. The Balaban J connectivity index is 0.00000300. The van der Waals surface area contributed by atoms with Crippen molar-refractivity contribution in [1.82, 2.24) is 15.2 Å². The minimum Gasteiger partial charge on any atom is -0.543 e. The van der Waals surface area contributed by atoms with Crippen LogP contribution in [0.1, 0.15) is 5.69 Å². The number of carbonyl (C=O) groups is 4. The Bertz CT molecular complexity index is 918. The number of primary amides is 1. The van der Waals surface area contributed by atoms with Crippen LogP contribution >= 0.6 is 23.1 Å². The molecule has 3 heterocycles. The Hall–Kier alpha value is -2.13. The number of amides is 3. The van der Waals surface area contributed by atoms with Crippen molar-refractivity contribution in [2.45, 2.75) is 11.4 Å². The summed E-state index contributed by atoms with van der Waals surface area (Å²) in [6.07, 6.45) is 1.37. The Labute approximate surface area is 194 Å². The van der Waals surface area contributed by atoms with E-state index in [4.69, 9.17) is 16.3 Å². The fourth-order valence-electron chi connectivity index (χ4n) is 2.50. The second-order valence-corrected chi connectivity index (χ2v) is 7.55. The van der Waals surface area contributed by atoms with E-state index in [1.165, 1.54) is 23.2 Å². The van der Waals surface area contributed by atoms with Crippen LogP contribution in [0.2, 0.25) is 0 Å². The molecule has 3 amide bonds. The third kappa shape index (κ3) is 4.90. The molecule has 29 heavy (non-hydrogen) atoms. The number of carboxylic acids is 1. The molecule has 15 heteroatoms. The van der Waals surface area contributed by atoms with Crippen molar-refractivity contribution in [1.29, 1.82) is 0 Å². The number of carboxylic acid groups (broad SMARTS) is 1. The number of nitrogens with two attached hydrogens (primary N) is 2. The molecule has 1 saturated heterocycles. The van der Waals surface area contributed by atoms with E-state index < -0.39 is 41.7 Å². The summed E-state index contributed by atoms with van der Waals surface area (Å²) >= 11 is 2.33. The van der Waals surface area contributed by atoms with Gasteiger partial charge in [0.1, 0.15) is 17.1 Å². The van der Waals surface area contributed by atoms with Gasteiger partial charge in [0.2, 0.25) is 0 Å². The number of nitrogens with one attached hydrogen (secondary N) is 1. The first-order valence-corrected chi connectivity index (χ1v) is 9.59. The van der Waals surface area contributed by atoms with Crippen LogP contribution < -0.4 is 51.4 Å². The smallest absolute Gasteiger partial charge is 0.543 e. The molecule has 0 aliphatic carbocycles. The molecule has 1 aromatic heterocycles. The van der Waals surface area contributed by atoms with Crippen molar-refractivity contribution in [3.63, 3.8) is 0 Å². The number of β-lactam (4-membered cyclic amide) rings is 1. The average molecular weight is 448 g/mol. The van der Waals surface area contributed by atoms with Gasteiger partial charge in [-0.25, -0.2) is 4.98 Å². The fraction of sp³-hybridized carbons (Fsp3) is 0.286. The van der Waals surface area contributed by atoms with E-state index in [1.54, 1.807) is 0 Å². The molecule has 0 unspecified atom stereocenters. The van der Waals surface area contributed by atoms with Gasteiger partial charge in [0.15, 0.2) is 17.5 Å². The second-order valence-electron chi connectivity index (χ2n) is 5.51. The molecule has 0 radical (unpaired) electrons. The van der Waals surface area contributed by atoms with Crippen molar-refractivity contribution in [2.75, 3.05) is 18.1 Å². The molecule has 12 nitrogen and oxygen atoms in total. The zero-order valence-corrected chi connectivity index (χ0v) is 18.6. The van der Waals surface area contributed by atoms with Crippen LogP contribution in [0.3, 0.4) is 0 Å². The molecule has 2 aliphatic rings. The largest absolute Gasteiger partial charge is 1.00 e. The normalized spacial score (nSPS) is 20.6. The first kappa shape index (κ1) is 23.2. The number of carbonyl (C=O) groups excluding carboxylic acids is 4. The number of thiazole rings is 1. The Morgan fingerprint density at radius 1 is 1.45 bits per heavy atom. The fourth-order valence-corrected chi connectivity index (χ4v) is 4.24. The van der Waals surface area contributed by atoms with Gasteiger partial charge in [0.25, 0.3) is 17.7 Å². The molecule has 5 N–H and O–H groups in total. The maximum Gasteiger partial charge on any atom is 1.00 e.